The SMILES string of the molecule is CC(C)(C)[C@H]1CCCC12CNC2. The molecule has 0 aromatic heterocycles. The number of hydrogen-bond donors (Lipinski definition) is 1. The Morgan fingerprint density at radius 2 is 1.92 bits per heavy atom. The molecule has 0 unspecified atom stereocenters. The van der Waals surface area contributed by atoms with Gasteiger partial charge >= 0.3 is 0 Å². The first-order valence-electron chi connectivity index (χ1n) is 5.25. The molecule has 1 nitrogen and oxygen atoms in total. The van der Waals surface area contributed by atoms with E-state index in [9.17, 15) is 0 Å². The lowest BCUT2D eigenvalue weighted by molar-refractivity contribution is 0.0358. The molecule has 1 aliphatic heterocycles. The summed E-state index contributed by atoms with van der Waals surface area (Å²) in [5.41, 5.74) is 1.23. The van der Waals surface area contributed by atoms with Crippen LogP contribution in [0.3, 0.4) is 0 Å². The summed E-state index contributed by atoms with van der Waals surface area (Å²) >= 11 is 0. The van der Waals surface area contributed by atoms with Gasteiger partial charge in [0.2, 0.25) is 0 Å². The molecule has 0 aromatic carbocycles. The van der Waals surface area contributed by atoms with Crippen LogP contribution >= 0.6 is 0 Å². The van der Waals surface area contributed by atoms with E-state index in [1.807, 2.05) is 0 Å². The van der Waals surface area contributed by atoms with Crippen LogP contribution in [-0.4, -0.2) is 13.1 Å². The maximum atomic E-state index is 3.45. The van der Waals surface area contributed by atoms with E-state index in [0.717, 1.165) is 5.92 Å². The third-order valence-electron chi connectivity index (χ3n) is 3.91. The van der Waals surface area contributed by atoms with Gasteiger partial charge < -0.3 is 5.32 Å². The fourth-order valence-corrected chi connectivity index (χ4v) is 3.36. The molecule has 1 N–H and O–H groups in total. The monoisotopic (exact) mass is 167 g/mol. The average Bonchev–Trinajstić information content (AvgIpc) is 2.25. The number of nitrogens with one attached hydrogen (secondary N) is 1. The third-order valence-corrected chi connectivity index (χ3v) is 3.91. The van der Waals surface area contributed by atoms with Gasteiger partial charge in [0.1, 0.15) is 0 Å². The van der Waals surface area contributed by atoms with Gasteiger partial charge in [0, 0.05) is 13.1 Å². The van der Waals surface area contributed by atoms with Gasteiger partial charge in [-0.3, -0.25) is 0 Å². The molecule has 1 atom stereocenters. The third kappa shape index (κ3) is 1.10. The Labute approximate surface area is 75.9 Å². The predicted octanol–water partition coefficient (Wildman–Crippen LogP) is 2.42. The first-order valence-corrected chi connectivity index (χ1v) is 5.25. The maximum Gasteiger partial charge on any atom is 0.00231 e. The van der Waals surface area contributed by atoms with E-state index in [-0.39, 0.29) is 0 Å². The van der Waals surface area contributed by atoms with Crippen molar-refractivity contribution < 1.29 is 0 Å². The Morgan fingerprint density at radius 3 is 2.25 bits per heavy atom. The van der Waals surface area contributed by atoms with Gasteiger partial charge in [0.15, 0.2) is 0 Å². The smallest absolute Gasteiger partial charge is 0.00231 e. The summed E-state index contributed by atoms with van der Waals surface area (Å²) in [5, 5.41) is 3.45. The molecule has 0 bridgehead atoms. The fraction of sp³-hybridized carbons (Fsp3) is 1.00. The van der Waals surface area contributed by atoms with Crippen molar-refractivity contribution in [3.8, 4) is 0 Å². The summed E-state index contributed by atoms with van der Waals surface area (Å²) < 4.78 is 0. The minimum atomic E-state index is 0.526. The summed E-state index contributed by atoms with van der Waals surface area (Å²) in [4.78, 5) is 0. The molecule has 2 fully saturated rings. The van der Waals surface area contributed by atoms with Crippen molar-refractivity contribution in [1.82, 2.24) is 5.32 Å². The zero-order valence-corrected chi connectivity index (χ0v) is 8.61. The quantitative estimate of drug-likeness (QED) is 0.584. The molecule has 0 aromatic rings. The molecular formula is C11H21N. The highest BCUT2D eigenvalue weighted by Gasteiger charge is 2.51. The standard InChI is InChI=1S/C11H21N/c1-10(2,3)9-5-4-6-11(9)7-12-8-11/h9,12H,4-8H2,1-3H3/t9-/m1/s1. The Kier molecular flexibility index (Phi) is 1.76. The second-order valence-electron chi connectivity index (χ2n) is 5.78. The van der Waals surface area contributed by atoms with E-state index in [4.69, 9.17) is 0 Å². The topological polar surface area (TPSA) is 12.0 Å². The Hall–Kier alpha value is -0.0400. The van der Waals surface area contributed by atoms with Gasteiger partial charge in [-0.25, -0.2) is 0 Å². The highest BCUT2D eigenvalue weighted by atomic mass is 15.0. The van der Waals surface area contributed by atoms with Crippen LogP contribution in [0.15, 0.2) is 0 Å². The van der Waals surface area contributed by atoms with Gasteiger partial charge in [-0.1, -0.05) is 27.2 Å². The van der Waals surface area contributed by atoms with Crippen molar-refractivity contribution >= 4 is 0 Å². The van der Waals surface area contributed by atoms with Gasteiger partial charge in [0.05, 0.1) is 0 Å². The van der Waals surface area contributed by atoms with E-state index >= 15 is 0 Å². The summed E-state index contributed by atoms with van der Waals surface area (Å²) in [5.74, 6) is 0.964. The highest BCUT2D eigenvalue weighted by Crippen LogP contribution is 2.53. The van der Waals surface area contributed by atoms with E-state index < -0.39 is 0 Å². The van der Waals surface area contributed by atoms with E-state index in [0.29, 0.717) is 10.8 Å². The van der Waals surface area contributed by atoms with E-state index in [1.165, 1.54) is 32.4 Å². The maximum absolute atomic E-state index is 3.45. The minimum Gasteiger partial charge on any atom is -0.316 e. The largest absolute Gasteiger partial charge is 0.316 e. The summed E-state index contributed by atoms with van der Waals surface area (Å²) in [6.45, 7) is 9.79. The number of hydrogen-bond acceptors (Lipinski definition) is 1. The van der Waals surface area contributed by atoms with Crippen LogP contribution in [0.2, 0.25) is 0 Å². The van der Waals surface area contributed by atoms with Crippen LogP contribution in [-0.2, 0) is 0 Å². The van der Waals surface area contributed by atoms with Crippen molar-refractivity contribution in [2.45, 2.75) is 40.0 Å². The first-order chi connectivity index (χ1) is 5.55. The van der Waals surface area contributed by atoms with Crippen LogP contribution in [0.25, 0.3) is 0 Å². The van der Waals surface area contributed by atoms with E-state index in [2.05, 4.69) is 26.1 Å². The average molecular weight is 167 g/mol. The number of rotatable bonds is 0. The second-order valence-corrected chi connectivity index (χ2v) is 5.78. The van der Waals surface area contributed by atoms with Crippen LogP contribution in [0.5, 0.6) is 0 Å². The molecule has 0 amide bonds. The van der Waals surface area contributed by atoms with Gasteiger partial charge in [-0.2, -0.15) is 0 Å². The molecule has 0 radical (unpaired) electrons. The Balaban J connectivity index is 2.14. The molecule has 1 saturated heterocycles. The zero-order valence-electron chi connectivity index (χ0n) is 8.61. The molecule has 1 heteroatoms. The fourth-order valence-electron chi connectivity index (χ4n) is 3.36. The normalized spacial score (nSPS) is 33.8. The van der Waals surface area contributed by atoms with Crippen LogP contribution in [0.4, 0.5) is 0 Å². The molecule has 12 heavy (non-hydrogen) atoms. The van der Waals surface area contributed by atoms with Crippen molar-refractivity contribution in [2.24, 2.45) is 16.7 Å². The van der Waals surface area contributed by atoms with Crippen molar-refractivity contribution in [3.63, 3.8) is 0 Å². The molecule has 2 rings (SSSR count). The lowest BCUT2D eigenvalue weighted by Gasteiger charge is -2.49. The molecule has 2 aliphatic rings. The first kappa shape index (κ1) is 8.55. The van der Waals surface area contributed by atoms with Crippen LogP contribution in [0.1, 0.15) is 40.0 Å². The van der Waals surface area contributed by atoms with Gasteiger partial charge in [0.25, 0.3) is 0 Å². The highest BCUT2D eigenvalue weighted by molar-refractivity contribution is 5.04. The Morgan fingerprint density at radius 1 is 1.25 bits per heavy atom. The van der Waals surface area contributed by atoms with Crippen molar-refractivity contribution in [3.05, 3.63) is 0 Å². The molecule has 1 saturated carbocycles. The molecule has 1 aliphatic carbocycles. The Bertz CT molecular complexity index is 174. The van der Waals surface area contributed by atoms with Crippen molar-refractivity contribution in [1.29, 1.82) is 0 Å². The van der Waals surface area contributed by atoms with E-state index in [1.54, 1.807) is 0 Å². The van der Waals surface area contributed by atoms with Crippen molar-refractivity contribution in [2.75, 3.05) is 13.1 Å². The van der Waals surface area contributed by atoms with Crippen LogP contribution in [0, 0.1) is 16.7 Å². The predicted molar refractivity (Wildman–Crippen MR) is 52.1 cm³/mol. The molecule has 1 heterocycles. The van der Waals surface area contributed by atoms with Gasteiger partial charge in [-0.05, 0) is 29.6 Å². The molecular weight excluding hydrogens is 146 g/mol. The lowest BCUT2D eigenvalue weighted by atomic mass is 9.63. The summed E-state index contributed by atoms with van der Waals surface area (Å²) in [6, 6.07) is 0. The molecule has 70 valence electrons. The minimum absolute atomic E-state index is 0.526. The summed E-state index contributed by atoms with van der Waals surface area (Å²) in [6.07, 6.45) is 4.40. The lowest BCUT2D eigenvalue weighted by Crippen LogP contribution is -2.57. The van der Waals surface area contributed by atoms with Gasteiger partial charge in [-0.15, -0.1) is 0 Å². The summed E-state index contributed by atoms with van der Waals surface area (Å²) in [7, 11) is 0. The van der Waals surface area contributed by atoms with Crippen LogP contribution < -0.4 is 5.32 Å². The molecule has 1 spiro atoms. The zero-order chi connectivity index (χ0) is 8.82. The second kappa shape index (κ2) is 2.47.